The van der Waals surface area contributed by atoms with Gasteiger partial charge in [0.1, 0.15) is 0 Å². The maximum Gasteiger partial charge on any atom is 0.0666 e. The highest BCUT2D eigenvalue weighted by Gasteiger charge is 2.24. The fraction of sp³-hybridized carbons (Fsp3) is 0.778. The van der Waals surface area contributed by atoms with Crippen molar-refractivity contribution >= 4 is 11.8 Å². The van der Waals surface area contributed by atoms with Crippen LogP contribution in [0, 0.1) is 5.92 Å². The summed E-state index contributed by atoms with van der Waals surface area (Å²) < 4.78 is 0. The maximum atomic E-state index is 9.45. The van der Waals surface area contributed by atoms with Crippen LogP contribution in [0.1, 0.15) is 19.8 Å². The molecule has 0 aromatic rings. The number of rotatable bonds is 3. The van der Waals surface area contributed by atoms with Crippen molar-refractivity contribution in [2.75, 3.05) is 11.5 Å². The summed E-state index contributed by atoms with van der Waals surface area (Å²) in [5.74, 6) is 2.59. The van der Waals surface area contributed by atoms with E-state index in [0.717, 1.165) is 24.3 Å². The lowest BCUT2D eigenvalue weighted by molar-refractivity contribution is 0.145. The number of allylic oxidation sites excluding steroid dienone is 1. The molecule has 2 unspecified atom stereocenters. The molecule has 0 amide bonds. The Bertz CT molecular complexity index is 144. The second kappa shape index (κ2) is 4.17. The van der Waals surface area contributed by atoms with Crippen LogP contribution in [0.15, 0.2) is 12.2 Å². The summed E-state index contributed by atoms with van der Waals surface area (Å²) in [4.78, 5) is 0. The van der Waals surface area contributed by atoms with Crippen LogP contribution in [0.25, 0.3) is 0 Å². The molecule has 0 aromatic heterocycles. The molecule has 0 spiro atoms. The topological polar surface area (TPSA) is 20.2 Å². The second-order valence-corrected chi connectivity index (χ2v) is 4.44. The van der Waals surface area contributed by atoms with E-state index in [1.54, 1.807) is 0 Å². The molecule has 2 heteroatoms. The molecule has 1 heterocycles. The lowest BCUT2D eigenvalue weighted by atomic mass is 9.98. The van der Waals surface area contributed by atoms with Gasteiger partial charge in [0.15, 0.2) is 0 Å². The number of aliphatic hydroxyl groups is 1. The zero-order valence-corrected chi connectivity index (χ0v) is 7.86. The third kappa shape index (κ3) is 2.88. The van der Waals surface area contributed by atoms with Gasteiger partial charge in [-0.05, 0) is 31.4 Å². The number of thioether (sulfide) groups is 1. The second-order valence-electron chi connectivity index (χ2n) is 3.36. The number of aliphatic hydroxyl groups excluding tert-OH is 1. The Hall–Kier alpha value is 0.0500. The first-order valence-corrected chi connectivity index (χ1v) is 5.26. The van der Waals surface area contributed by atoms with Crippen molar-refractivity contribution in [1.82, 2.24) is 0 Å². The van der Waals surface area contributed by atoms with Gasteiger partial charge in [0.25, 0.3) is 0 Å². The standard InChI is InChI=1S/C9H16OS/c1-7(2)3-4-8-5-11-6-9(8)10/h8-10H,1,3-6H2,2H3. The molecule has 1 rings (SSSR count). The molecule has 1 nitrogen and oxygen atoms in total. The van der Waals surface area contributed by atoms with Crippen LogP contribution >= 0.6 is 11.8 Å². The summed E-state index contributed by atoms with van der Waals surface area (Å²) in [6, 6.07) is 0. The molecule has 0 aromatic carbocycles. The zero-order valence-electron chi connectivity index (χ0n) is 7.05. The van der Waals surface area contributed by atoms with Gasteiger partial charge in [-0.25, -0.2) is 0 Å². The third-order valence-corrected chi connectivity index (χ3v) is 3.35. The van der Waals surface area contributed by atoms with E-state index in [9.17, 15) is 5.11 Å². The largest absolute Gasteiger partial charge is 0.392 e. The molecule has 2 atom stereocenters. The van der Waals surface area contributed by atoms with Crippen LogP contribution in [0.2, 0.25) is 0 Å². The predicted molar refractivity (Wildman–Crippen MR) is 50.9 cm³/mol. The first-order valence-electron chi connectivity index (χ1n) is 4.10. The summed E-state index contributed by atoms with van der Waals surface area (Å²) in [6.07, 6.45) is 2.13. The van der Waals surface area contributed by atoms with Crippen LogP contribution in [-0.2, 0) is 0 Å². The van der Waals surface area contributed by atoms with E-state index in [-0.39, 0.29) is 6.10 Å². The molecule has 1 aliphatic heterocycles. The van der Waals surface area contributed by atoms with Gasteiger partial charge >= 0.3 is 0 Å². The first-order chi connectivity index (χ1) is 5.20. The van der Waals surface area contributed by atoms with E-state index < -0.39 is 0 Å². The van der Waals surface area contributed by atoms with Gasteiger partial charge in [0, 0.05) is 5.75 Å². The molecular formula is C9H16OS. The Kier molecular flexibility index (Phi) is 3.46. The molecule has 1 N–H and O–H groups in total. The molecule has 0 aliphatic carbocycles. The number of hydrogen-bond acceptors (Lipinski definition) is 2. The molecule has 64 valence electrons. The maximum absolute atomic E-state index is 9.45. The summed E-state index contributed by atoms with van der Waals surface area (Å²) in [6.45, 7) is 5.90. The van der Waals surface area contributed by atoms with Crippen molar-refractivity contribution in [3.8, 4) is 0 Å². The lowest BCUT2D eigenvalue weighted by Crippen LogP contribution is -2.17. The molecule has 0 saturated carbocycles. The minimum Gasteiger partial charge on any atom is -0.392 e. The van der Waals surface area contributed by atoms with E-state index in [4.69, 9.17) is 0 Å². The summed E-state index contributed by atoms with van der Waals surface area (Å²) >= 11 is 1.86. The van der Waals surface area contributed by atoms with Gasteiger partial charge in [0.2, 0.25) is 0 Å². The summed E-state index contributed by atoms with van der Waals surface area (Å²) in [7, 11) is 0. The van der Waals surface area contributed by atoms with Crippen molar-refractivity contribution in [2.45, 2.75) is 25.9 Å². The van der Waals surface area contributed by atoms with Gasteiger partial charge in [-0.3, -0.25) is 0 Å². The Morgan fingerprint density at radius 3 is 2.82 bits per heavy atom. The van der Waals surface area contributed by atoms with Gasteiger partial charge < -0.3 is 5.11 Å². The van der Waals surface area contributed by atoms with E-state index >= 15 is 0 Å². The SMILES string of the molecule is C=C(C)CCC1CSCC1O. The van der Waals surface area contributed by atoms with E-state index in [1.807, 2.05) is 11.8 Å². The van der Waals surface area contributed by atoms with Gasteiger partial charge in [-0.1, -0.05) is 5.57 Å². The highest BCUT2D eigenvalue weighted by molar-refractivity contribution is 7.99. The number of hydrogen-bond donors (Lipinski definition) is 1. The minimum absolute atomic E-state index is 0.0562. The minimum atomic E-state index is -0.0562. The first kappa shape index (κ1) is 9.14. The Morgan fingerprint density at radius 1 is 1.64 bits per heavy atom. The fourth-order valence-corrected chi connectivity index (χ4v) is 2.64. The molecule has 11 heavy (non-hydrogen) atoms. The van der Waals surface area contributed by atoms with Crippen molar-refractivity contribution in [3.63, 3.8) is 0 Å². The highest BCUT2D eigenvalue weighted by atomic mass is 32.2. The van der Waals surface area contributed by atoms with Gasteiger partial charge in [0.05, 0.1) is 6.10 Å². The van der Waals surface area contributed by atoms with Crippen LogP contribution in [0.4, 0.5) is 0 Å². The fourth-order valence-electron chi connectivity index (χ4n) is 1.29. The molecule has 1 fully saturated rings. The van der Waals surface area contributed by atoms with Crippen molar-refractivity contribution in [3.05, 3.63) is 12.2 Å². The smallest absolute Gasteiger partial charge is 0.0666 e. The quantitative estimate of drug-likeness (QED) is 0.658. The monoisotopic (exact) mass is 172 g/mol. The average molecular weight is 172 g/mol. The molecular weight excluding hydrogens is 156 g/mol. The summed E-state index contributed by atoms with van der Waals surface area (Å²) in [5.41, 5.74) is 1.23. The highest BCUT2D eigenvalue weighted by Crippen LogP contribution is 2.28. The van der Waals surface area contributed by atoms with Gasteiger partial charge in [-0.15, -0.1) is 6.58 Å². The van der Waals surface area contributed by atoms with Crippen LogP contribution in [0.5, 0.6) is 0 Å². The van der Waals surface area contributed by atoms with Crippen molar-refractivity contribution in [2.24, 2.45) is 5.92 Å². The average Bonchev–Trinajstić information content (AvgIpc) is 2.31. The molecule has 1 aliphatic rings. The van der Waals surface area contributed by atoms with Crippen LogP contribution < -0.4 is 0 Å². The Labute approximate surface area is 72.9 Å². The lowest BCUT2D eigenvalue weighted by Gasteiger charge is -2.12. The van der Waals surface area contributed by atoms with Gasteiger partial charge in [-0.2, -0.15) is 11.8 Å². The third-order valence-electron chi connectivity index (χ3n) is 2.11. The van der Waals surface area contributed by atoms with Crippen LogP contribution in [0.3, 0.4) is 0 Å². The van der Waals surface area contributed by atoms with E-state index in [0.29, 0.717) is 5.92 Å². The molecule has 0 radical (unpaired) electrons. The predicted octanol–water partition coefficient (Wildman–Crippen LogP) is 2.07. The Balaban J connectivity index is 2.20. The Morgan fingerprint density at radius 2 is 2.36 bits per heavy atom. The molecule has 1 saturated heterocycles. The van der Waals surface area contributed by atoms with E-state index in [1.165, 1.54) is 5.57 Å². The normalized spacial score (nSPS) is 30.7. The summed E-state index contributed by atoms with van der Waals surface area (Å²) in [5, 5.41) is 9.45. The molecule has 0 bridgehead atoms. The van der Waals surface area contributed by atoms with Crippen molar-refractivity contribution < 1.29 is 5.11 Å². The van der Waals surface area contributed by atoms with E-state index in [2.05, 4.69) is 13.5 Å². The van der Waals surface area contributed by atoms with Crippen molar-refractivity contribution in [1.29, 1.82) is 0 Å². The zero-order chi connectivity index (χ0) is 8.27. The van der Waals surface area contributed by atoms with Crippen LogP contribution in [-0.4, -0.2) is 22.7 Å².